The van der Waals surface area contributed by atoms with E-state index in [1.165, 1.54) is 7.11 Å². The summed E-state index contributed by atoms with van der Waals surface area (Å²) in [6, 6.07) is 8.00. The Balaban J connectivity index is 1.96. The molecule has 0 aliphatic heterocycles. The van der Waals surface area contributed by atoms with Gasteiger partial charge in [-0.25, -0.2) is 4.79 Å². The number of rotatable bonds is 4. The molecule has 18 heavy (non-hydrogen) atoms. The molecular weight excluding hydrogens is 236 g/mol. The second-order valence-electron chi connectivity index (χ2n) is 3.69. The Morgan fingerprint density at radius 2 is 2.22 bits per heavy atom. The summed E-state index contributed by atoms with van der Waals surface area (Å²) in [4.78, 5) is 16.9. The van der Waals surface area contributed by atoms with E-state index in [0.29, 0.717) is 12.6 Å². The first kappa shape index (κ1) is 12.2. The van der Waals surface area contributed by atoms with Crippen molar-refractivity contribution in [2.75, 3.05) is 32.2 Å². The number of carbonyl (C=O) groups is 1. The lowest BCUT2D eigenvalue weighted by molar-refractivity contribution is 0.0748. The lowest BCUT2D eigenvalue weighted by Crippen LogP contribution is -2.24. The van der Waals surface area contributed by atoms with Crippen molar-refractivity contribution < 1.29 is 18.7 Å². The molecule has 2 rings (SSSR count). The molecule has 1 aromatic carbocycles. The molecule has 6 nitrogen and oxygen atoms in total. The number of carbonyl (C=O) groups excluding carboxylic acids is 1. The van der Waals surface area contributed by atoms with Crippen molar-refractivity contribution in [1.82, 2.24) is 4.98 Å². The smallest absolute Gasteiger partial charge is 0.438 e. The fraction of sp³-hybridized carbons (Fsp3) is 0.333. The zero-order valence-corrected chi connectivity index (χ0v) is 10.3. The highest BCUT2D eigenvalue weighted by Crippen LogP contribution is 2.20. The largest absolute Gasteiger partial charge is 0.508 e. The molecule has 0 radical (unpaired) electrons. The van der Waals surface area contributed by atoms with Crippen LogP contribution in [0, 0.1) is 0 Å². The molecule has 1 aromatic heterocycles. The summed E-state index contributed by atoms with van der Waals surface area (Å²) >= 11 is 0. The van der Waals surface area contributed by atoms with Gasteiger partial charge in [0.05, 0.1) is 13.7 Å². The molecule has 0 bridgehead atoms. The van der Waals surface area contributed by atoms with Crippen LogP contribution in [0.3, 0.4) is 0 Å². The number of likely N-dealkylation sites (N-methyl/N-ethyl adjacent to an activating group) is 1. The van der Waals surface area contributed by atoms with Gasteiger partial charge in [0.15, 0.2) is 5.58 Å². The molecule has 0 saturated carbocycles. The average molecular weight is 250 g/mol. The summed E-state index contributed by atoms with van der Waals surface area (Å²) in [5, 5.41) is 0. The van der Waals surface area contributed by atoms with Crippen molar-refractivity contribution in [3.8, 4) is 0 Å². The quantitative estimate of drug-likeness (QED) is 0.774. The van der Waals surface area contributed by atoms with E-state index in [2.05, 4.69) is 9.72 Å². The van der Waals surface area contributed by atoms with Gasteiger partial charge in [0.25, 0.3) is 6.01 Å². The normalized spacial score (nSPS) is 10.3. The summed E-state index contributed by atoms with van der Waals surface area (Å²) in [7, 11) is 3.08. The van der Waals surface area contributed by atoms with Crippen LogP contribution in [-0.2, 0) is 9.47 Å². The molecule has 0 fully saturated rings. The van der Waals surface area contributed by atoms with Gasteiger partial charge in [-0.05, 0) is 12.1 Å². The minimum absolute atomic E-state index is 0.210. The van der Waals surface area contributed by atoms with Crippen molar-refractivity contribution >= 4 is 23.3 Å². The number of methoxy groups -OCH3 is 1. The standard InChI is InChI=1S/C12H14N2O4/c1-14(7-8-17-12(15)16-2)11-13-9-5-3-4-6-10(9)18-11/h3-6H,7-8H2,1-2H3. The van der Waals surface area contributed by atoms with Crippen LogP contribution in [0.1, 0.15) is 0 Å². The second kappa shape index (κ2) is 5.39. The molecule has 0 unspecified atom stereocenters. The molecule has 0 spiro atoms. The van der Waals surface area contributed by atoms with E-state index in [4.69, 9.17) is 9.15 Å². The number of nitrogens with zero attached hydrogens (tertiary/aromatic N) is 2. The molecule has 96 valence electrons. The van der Waals surface area contributed by atoms with Crippen LogP contribution < -0.4 is 4.90 Å². The van der Waals surface area contributed by atoms with Crippen molar-refractivity contribution in [1.29, 1.82) is 0 Å². The first-order valence-corrected chi connectivity index (χ1v) is 5.48. The van der Waals surface area contributed by atoms with E-state index in [1.54, 1.807) is 4.90 Å². The van der Waals surface area contributed by atoms with Crippen LogP contribution in [0.4, 0.5) is 10.8 Å². The van der Waals surface area contributed by atoms with Gasteiger partial charge in [0, 0.05) is 7.05 Å². The number of benzene rings is 1. The molecule has 0 amide bonds. The predicted octanol–water partition coefficient (Wildman–Crippen LogP) is 2.05. The lowest BCUT2D eigenvalue weighted by Gasteiger charge is -2.13. The topological polar surface area (TPSA) is 64.8 Å². The lowest BCUT2D eigenvalue weighted by atomic mass is 10.3. The van der Waals surface area contributed by atoms with Gasteiger partial charge in [0.2, 0.25) is 0 Å². The Kier molecular flexibility index (Phi) is 3.66. The number of hydrogen-bond acceptors (Lipinski definition) is 6. The molecule has 0 N–H and O–H groups in total. The number of para-hydroxylation sites is 2. The SMILES string of the molecule is COC(=O)OCCN(C)c1nc2ccccc2o1. The van der Waals surface area contributed by atoms with E-state index >= 15 is 0 Å². The fourth-order valence-electron chi connectivity index (χ4n) is 1.44. The average Bonchev–Trinajstić information content (AvgIpc) is 2.82. The number of oxazole rings is 1. The van der Waals surface area contributed by atoms with Gasteiger partial charge in [-0.2, -0.15) is 4.98 Å². The van der Waals surface area contributed by atoms with Gasteiger partial charge in [-0.1, -0.05) is 12.1 Å². The van der Waals surface area contributed by atoms with Crippen molar-refractivity contribution in [3.63, 3.8) is 0 Å². The minimum Gasteiger partial charge on any atom is -0.438 e. The predicted molar refractivity (Wildman–Crippen MR) is 65.6 cm³/mol. The second-order valence-corrected chi connectivity index (χ2v) is 3.69. The molecule has 1 heterocycles. The third-order valence-corrected chi connectivity index (χ3v) is 2.42. The van der Waals surface area contributed by atoms with Gasteiger partial charge in [-0.15, -0.1) is 0 Å². The van der Waals surface area contributed by atoms with E-state index in [9.17, 15) is 4.79 Å². The molecule has 0 atom stereocenters. The number of ether oxygens (including phenoxy) is 2. The van der Waals surface area contributed by atoms with E-state index < -0.39 is 6.16 Å². The number of hydrogen-bond donors (Lipinski definition) is 0. The molecule has 6 heteroatoms. The Morgan fingerprint density at radius 3 is 2.94 bits per heavy atom. The summed E-state index contributed by atoms with van der Waals surface area (Å²) in [6.07, 6.45) is -0.694. The number of fused-ring (bicyclic) bond motifs is 1. The van der Waals surface area contributed by atoms with Crippen molar-refractivity contribution in [2.45, 2.75) is 0 Å². The summed E-state index contributed by atoms with van der Waals surface area (Å²) in [5.41, 5.74) is 1.53. The summed E-state index contributed by atoms with van der Waals surface area (Å²) < 4.78 is 14.7. The zero-order chi connectivity index (χ0) is 13.0. The number of anilines is 1. The van der Waals surface area contributed by atoms with Crippen LogP contribution in [-0.4, -0.2) is 38.4 Å². The Bertz CT molecular complexity index is 505. The van der Waals surface area contributed by atoms with E-state index in [-0.39, 0.29) is 6.61 Å². The Hall–Kier alpha value is -2.24. The van der Waals surface area contributed by atoms with Crippen molar-refractivity contribution in [2.24, 2.45) is 0 Å². The highest BCUT2D eigenvalue weighted by Gasteiger charge is 2.10. The fourth-order valence-corrected chi connectivity index (χ4v) is 1.44. The molecule has 2 aromatic rings. The van der Waals surface area contributed by atoms with Crippen LogP contribution in [0.2, 0.25) is 0 Å². The summed E-state index contributed by atoms with van der Waals surface area (Å²) in [6.45, 7) is 0.684. The third kappa shape index (κ3) is 2.71. The van der Waals surface area contributed by atoms with Crippen LogP contribution in [0.5, 0.6) is 0 Å². The van der Waals surface area contributed by atoms with Crippen LogP contribution in [0.25, 0.3) is 11.1 Å². The Labute approximate surface area is 104 Å². The number of aromatic nitrogens is 1. The van der Waals surface area contributed by atoms with Crippen molar-refractivity contribution in [3.05, 3.63) is 24.3 Å². The molecule has 0 aliphatic rings. The van der Waals surface area contributed by atoms with Gasteiger partial charge < -0.3 is 18.8 Å². The first-order valence-electron chi connectivity index (χ1n) is 5.48. The zero-order valence-electron chi connectivity index (χ0n) is 10.3. The maximum absolute atomic E-state index is 10.8. The maximum atomic E-state index is 10.8. The third-order valence-electron chi connectivity index (χ3n) is 2.42. The maximum Gasteiger partial charge on any atom is 0.508 e. The molecule has 0 aliphatic carbocycles. The summed E-state index contributed by atoms with van der Waals surface area (Å²) in [5.74, 6) is 0. The van der Waals surface area contributed by atoms with E-state index in [0.717, 1.165) is 11.1 Å². The molecular formula is C12H14N2O4. The van der Waals surface area contributed by atoms with Crippen LogP contribution >= 0.6 is 0 Å². The van der Waals surface area contributed by atoms with E-state index in [1.807, 2.05) is 31.3 Å². The molecule has 0 saturated heterocycles. The first-order chi connectivity index (χ1) is 8.70. The highest BCUT2D eigenvalue weighted by molar-refractivity contribution is 5.74. The van der Waals surface area contributed by atoms with Gasteiger partial charge in [0.1, 0.15) is 12.1 Å². The Morgan fingerprint density at radius 1 is 1.44 bits per heavy atom. The van der Waals surface area contributed by atoms with Gasteiger partial charge >= 0.3 is 6.16 Å². The monoisotopic (exact) mass is 250 g/mol. The van der Waals surface area contributed by atoms with Gasteiger partial charge in [-0.3, -0.25) is 0 Å². The van der Waals surface area contributed by atoms with Crippen LogP contribution in [0.15, 0.2) is 28.7 Å². The highest BCUT2D eigenvalue weighted by atomic mass is 16.7. The minimum atomic E-state index is -0.694.